The predicted octanol–water partition coefficient (Wildman–Crippen LogP) is 0.286. The van der Waals surface area contributed by atoms with Crippen LogP contribution in [0.3, 0.4) is 0 Å². The van der Waals surface area contributed by atoms with Crippen molar-refractivity contribution >= 4 is 0 Å². The van der Waals surface area contributed by atoms with Crippen molar-refractivity contribution in [1.82, 2.24) is 0 Å². The summed E-state index contributed by atoms with van der Waals surface area (Å²) in [5.41, 5.74) is 0. The first-order chi connectivity index (χ1) is 6.03. The lowest BCUT2D eigenvalue weighted by Gasteiger charge is -2.22. The molecule has 2 rings (SSSR count). The normalized spacial score (nSPS) is 48.0. The lowest BCUT2D eigenvalue weighted by molar-refractivity contribution is -0.188. The van der Waals surface area contributed by atoms with E-state index in [9.17, 15) is 0 Å². The lowest BCUT2D eigenvalue weighted by atomic mass is 10.1. The summed E-state index contributed by atoms with van der Waals surface area (Å²) in [4.78, 5) is 0. The molecular formula is C9H16O4. The second kappa shape index (κ2) is 2.92. The monoisotopic (exact) mass is 188 g/mol. The molecule has 4 heteroatoms. The Morgan fingerprint density at radius 3 is 2.46 bits per heavy atom. The van der Waals surface area contributed by atoms with Gasteiger partial charge in [-0.2, -0.15) is 0 Å². The molecule has 0 saturated carbocycles. The molecule has 0 aliphatic carbocycles. The van der Waals surface area contributed by atoms with Crippen molar-refractivity contribution in [2.45, 2.75) is 51.0 Å². The van der Waals surface area contributed by atoms with E-state index in [1.54, 1.807) is 0 Å². The molecule has 4 atom stereocenters. The zero-order valence-corrected chi connectivity index (χ0v) is 8.19. The van der Waals surface area contributed by atoms with Crippen molar-refractivity contribution < 1.29 is 19.3 Å². The molecule has 0 amide bonds. The molecule has 0 aromatic heterocycles. The van der Waals surface area contributed by atoms with E-state index in [0.29, 0.717) is 0 Å². The first-order valence-electron chi connectivity index (χ1n) is 4.65. The Labute approximate surface area is 77.8 Å². The highest BCUT2D eigenvalue weighted by Gasteiger charge is 2.53. The fraction of sp³-hybridized carbons (Fsp3) is 1.00. The van der Waals surface area contributed by atoms with Crippen LogP contribution in [0.25, 0.3) is 0 Å². The molecule has 2 aliphatic rings. The number of ether oxygens (including phenoxy) is 3. The number of fused-ring (bicyclic) bond motifs is 1. The average molecular weight is 188 g/mol. The van der Waals surface area contributed by atoms with Crippen LogP contribution in [0, 0.1) is 0 Å². The molecule has 1 unspecified atom stereocenters. The van der Waals surface area contributed by atoms with Crippen LogP contribution in [0.2, 0.25) is 0 Å². The van der Waals surface area contributed by atoms with Crippen LogP contribution >= 0.6 is 0 Å². The molecular weight excluding hydrogens is 172 g/mol. The van der Waals surface area contributed by atoms with Crippen LogP contribution in [0.15, 0.2) is 0 Å². The highest BCUT2D eigenvalue weighted by molar-refractivity contribution is 4.96. The quantitative estimate of drug-likeness (QED) is 0.642. The van der Waals surface area contributed by atoms with Gasteiger partial charge in [-0.15, -0.1) is 0 Å². The molecule has 2 aliphatic heterocycles. The van der Waals surface area contributed by atoms with E-state index in [0.717, 1.165) is 0 Å². The summed E-state index contributed by atoms with van der Waals surface area (Å²) >= 11 is 0. The molecule has 0 radical (unpaired) electrons. The summed E-state index contributed by atoms with van der Waals surface area (Å²) in [6, 6.07) is 0. The molecule has 0 aromatic rings. The molecule has 76 valence electrons. The highest BCUT2D eigenvalue weighted by Crippen LogP contribution is 2.38. The van der Waals surface area contributed by atoms with Gasteiger partial charge in [-0.25, -0.2) is 0 Å². The lowest BCUT2D eigenvalue weighted by Crippen LogP contribution is -2.31. The van der Waals surface area contributed by atoms with Gasteiger partial charge in [-0.05, 0) is 20.8 Å². The minimum Gasteiger partial charge on any atom is -0.394 e. The predicted molar refractivity (Wildman–Crippen MR) is 45.2 cm³/mol. The topological polar surface area (TPSA) is 47.9 Å². The van der Waals surface area contributed by atoms with Crippen molar-refractivity contribution in [1.29, 1.82) is 0 Å². The second-order valence-corrected chi connectivity index (χ2v) is 4.13. The van der Waals surface area contributed by atoms with Gasteiger partial charge >= 0.3 is 0 Å². The molecule has 0 aromatic carbocycles. The standard InChI is InChI=1S/C9H16O4/c1-5-7-8(6(4-10)11-5)13-9(2,3)12-7/h5-8,10H,4H2,1-3H3/t5-,6+,7?,8+/m0/s1. The van der Waals surface area contributed by atoms with Crippen molar-refractivity contribution in [3.8, 4) is 0 Å². The molecule has 2 saturated heterocycles. The number of rotatable bonds is 1. The minimum atomic E-state index is -0.541. The van der Waals surface area contributed by atoms with E-state index in [1.165, 1.54) is 0 Å². The van der Waals surface area contributed by atoms with Gasteiger partial charge in [0.05, 0.1) is 12.7 Å². The maximum atomic E-state index is 9.04. The van der Waals surface area contributed by atoms with E-state index < -0.39 is 5.79 Å². The molecule has 1 N–H and O–H groups in total. The summed E-state index contributed by atoms with van der Waals surface area (Å²) in [7, 11) is 0. The van der Waals surface area contributed by atoms with Gasteiger partial charge in [0, 0.05) is 0 Å². The zero-order valence-electron chi connectivity index (χ0n) is 8.19. The van der Waals surface area contributed by atoms with Crippen LogP contribution in [0.1, 0.15) is 20.8 Å². The Morgan fingerprint density at radius 2 is 1.85 bits per heavy atom. The van der Waals surface area contributed by atoms with Crippen LogP contribution in [-0.4, -0.2) is 41.9 Å². The third-order valence-corrected chi connectivity index (χ3v) is 2.56. The van der Waals surface area contributed by atoms with Gasteiger partial charge in [-0.3, -0.25) is 0 Å². The number of aliphatic hydroxyl groups excluding tert-OH is 1. The molecule has 2 fully saturated rings. The molecule has 0 bridgehead atoms. The number of hydrogen-bond acceptors (Lipinski definition) is 4. The van der Waals surface area contributed by atoms with E-state index in [2.05, 4.69) is 0 Å². The largest absolute Gasteiger partial charge is 0.394 e. The number of hydrogen-bond donors (Lipinski definition) is 1. The SMILES string of the molecule is C[C@@H]1O[C@H](CO)[C@H]2OC(C)(C)OC12. The van der Waals surface area contributed by atoms with Crippen LogP contribution in [0.4, 0.5) is 0 Å². The third-order valence-electron chi connectivity index (χ3n) is 2.56. The maximum Gasteiger partial charge on any atom is 0.164 e. The van der Waals surface area contributed by atoms with Crippen molar-refractivity contribution in [3.05, 3.63) is 0 Å². The molecule has 2 heterocycles. The number of aliphatic hydroxyl groups is 1. The summed E-state index contributed by atoms with van der Waals surface area (Å²) in [5, 5.41) is 9.04. The Kier molecular flexibility index (Phi) is 2.11. The average Bonchev–Trinajstić information content (AvgIpc) is 2.47. The van der Waals surface area contributed by atoms with E-state index >= 15 is 0 Å². The van der Waals surface area contributed by atoms with Gasteiger partial charge in [-0.1, -0.05) is 0 Å². The first kappa shape index (κ1) is 9.40. The van der Waals surface area contributed by atoms with Crippen molar-refractivity contribution in [2.75, 3.05) is 6.61 Å². The summed E-state index contributed by atoms with van der Waals surface area (Å²) in [6.07, 6.45) is -0.382. The van der Waals surface area contributed by atoms with E-state index in [-0.39, 0.29) is 31.0 Å². The Hall–Kier alpha value is -0.160. The van der Waals surface area contributed by atoms with Crippen LogP contribution in [0.5, 0.6) is 0 Å². The fourth-order valence-electron chi connectivity index (χ4n) is 2.05. The van der Waals surface area contributed by atoms with Crippen LogP contribution in [-0.2, 0) is 14.2 Å². The van der Waals surface area contributed by atoms with Crippen molar-refractivity contribution in [3.63, 3.8) is 0 Å². The van der Waals surface area contributed by atoms with Gasteiger partial charge in [0.25, 0.3) is 0 Å². The molecule has 4 nitrogen and oxygen atoms in total. The molecule has 13 heavy (non-hydrogen) atoms. The fourth-order valence-corrected chi connectivity index (χ4v) is 2.05. The smallest absolute Gasteiger partial charge is 0.164 e. The van der Waals surface area contributed by atoms with Gasteiger partial charge in [0.15, 0.2) is 5.79 Å². The van der Waals surface area contributed by atoms with Gasteiger partial charge in [0.1, 0.15) is 18.3 Å². The van der Waals surface area contributed by atoms with E-state index in [4.69, 9.17) is 19.3 Å². The molecule has 0 spiro atoms. The Bertz CT molecular complexity index is 204. The third kappa shape index (κ3) is 1.48. The van der Waals surface area contributed by atoms with Gasteiger partial charge in [0.2, 0.25) is 0 Å². The van der Waals surface area contributed by atoms with E-state index in [1.807, 2.05) is 20.8 Å². The Balaban J connectivity index is 2.12. The summed E-state index contributed by atoms with van der Waals surface area (Å²) in [5.74, 6) is -0.541. The zero-order chi connectivity index (χ0) is 9.64. The maximum absolute atomic E-state index is 9.04. The second-order valence-electron chi connectivity index (χ2n) is 4.13. The summed E-state index contributed by atoms with van der Waals surface area (Å²) < 4.78 is 16.8. The summed E-state index contributed by atoms with van der Waals surface area (Å²) in [6.45, 7) is 5.70. The highest BCUT2D eigenvalue weighted by atomic mass is 16.8. The van der Waals surface area contributed by atoms with Crippen molar-refractivity contribution in [2.24, 2.45) is 0 Å². The minimum absolute atomic E-state index is 0.00363. The van der Waals surface area contributed by atoms with Crippen LogP contribution < -0.4 is 0 Å². The Morgan fingerprint density at radius 1 is 1.23 bits per heavy atom. The van der Waals surface area contributed by atoms with Gasteiger partial charge < -0.3 is 19.3 Å². The first-order valence-corrected chi connectivity index (χ1v) is 4.65.